The van der Waals surface area contributed by atoms with Crippen LogP contribution in [0.2, 0.25) is 10.0 Å². The highest BCUT2D eigenvalue weighted by atomic mass is 35.5. The second-order valence-corrected chi connectivity index (χ2v) is 12.1. The molecule has 1 aromatic carbocycles. The Balaban J connectivity index is 1.69. The summed E-state index contributed by atoms with van der Waals surface area (Å²) in [5.74, 6) is -3.21. The Bertz CT molecular complexity index is 1740. The van der Waals surface area contributed by atoms with E-state index in [9.17, 15) is 32.3 Å². The molecular weight excluding hydrogens is 630 g/mol. The van der Waals surface area contributed by atoms with Crippen molar-refractivity contribution in [3.63, 3.8) is 0 Å². The largest absolute Gasteiger partial charge is 0.491 e. The number of carbonyl (C=O) groups excluding carboxylic acids is 2. The molecule has 44 heavy (non-hydrogen) atoms. The minimum absolute atomic E-state index is 0.0218. The van der Waals surface area contributed by atoms with Crippen molar-refractivity contribution in [1.29, 1.82) is 0 Å². The van der Waals surface area contributed by atoms with Crippen molar-refractivity contribution in [2.45, 2.75) is 51.7 Å². The second-order valence-electron chi connectivity index (χ2n) is 11.3. The molecule has 3 unspecified atom stereocenters. The van der Waals surface area contributed by atoms with Gasteiger partial charge in [0.15, 0.2) is 11.2 Å². The molecule has 12 nitrogen and oxygen atoms in total. The molecule has 2 aliphatic rings. The lowest BCUT2D eigenvalue weighted by Crippen LogP contribution is -2.48. The van der Waals surface area contributed by atoms with Crippen molar-refractivity contribution in [2.24, 2.45) is 18.9 Å². The number of carbonyl (C=O) groups is 2. The SMILES string of the molecule is CC(C)CCn1c(N2CCC3CNCC32)nc2c1c(=O)n(C(OC(=O)C(F)(F)F)C(=O)Nc1ccc(Cl)cc1Cl)c(=O)n2C. The summed E-state index contributed by atoms with van der Waals surface area (Å²) in [4.78, 5) is 59.9. The van der Waals surface area contributed by atoms with Crippen LogP contribution in [-0.4, -0.2) is 62.4 Å². The lowest BCUT2D eigenvalue weighted by Gasteiger charge is -2.25. The van der Waals surface area contributed by atoms with Crippen LogP contribution in [0.25, 0.3) is 11.2 Å². The molecule has 2 saturated heterocycles. The van der Waals surface area contributed by atoms with Crippen molar-refractivity contribution < 1.29 is 27.5 Å². The number of halogens is 5. The normalized spacial score (nSPS) is 19.1. The van der Waals surface area contributed by atoms with E-state index in [4.69, 9.17) is 23.2 Å². The Morgan fingerprint density at radius 3 is 2.59 bits per heavy atom. The summed E-state index contributed by atoms with van der Waals surface area (Å²) in [6, 6.07) is 3.95. The number of fused-ring (bicyclic) bond motifs is 2. The predicted octanol–water partition coefficient (Wildman–Crippen LogP) is 3.29. The fourth-order valence-corrected chi connectivity index (χ4v) is 6.08. The molecule has 3 atom stereocenters. The van der Waals surface area contributed by atoms with Crippen LogP contribution >= 0.6 is 23.2 Å². The molecule has 1 amide bonds. The average molecular weight is 660 g/mol. The molecule has 2 aromatic heterocycles. The van der Waals surface area contributed by atoms with Gasteiger partial charge in [-0.15, -0.1) is 0 Å². The lowest BCUT2D eigenvalue weighted by molar-refractivity contribution is -0.209. The summed E-state index contributed by atoms with van der Waals surface area (Å²) in [6.07, 6.45) is -6.71. The second kappa shape index (κ2) is 12.1. The van der Waals surface area contributed by atoms with Gasteiger partial charge < -0.3 is 24.8 Å². The molecule has 17 heteroatoms. The number of hydrogen-bond acceptors (Lipinski definition) is 8. The number of nitrogens with zero attached hydrogens (tertiary/aromatic N) is 5. The number of esters is 1. The molecule has 238 valence electrons. The first-order valence-corrected chi connectivity index (χ1v) is 14.7. The molecule has 0 bridgehead atoms. The zero-order valence-corrected chi connectivity index (χ0v) is 25.5. The van der Waals surface area contributed by atoms with Crippen molar-refractivity contribution in [2.75, 3.05) is 29.9 Å². The fourth-order valence-electron chi connectivity index (χ4n) is 5.63. The minimum Gasteiger partial charge on any atom is -0.424 e. The maximum atomic E-state index is 14.1. The van der Waals surface area contributed by atoms with Gasteiger partial charge in [0.1, 0.15) is 0 Å². The smallest absolute Gasteiger partial charge is 0.424 e. The van der Waals surface area contributed by atoms with E-state index in [1.54, 1.807) is 4.57 Å². The molecular formula is C27H30Cl2F3N7O5. The lowest BCUT2D eigenvalue weighted by atomic mass is 10.1. The molecule has 0 spiro atoms. The zero-order chi connectivity index (χ0) is 32.1. The molecule has 2 N–H and O–H groups in total. The van der Waals surface area contributed by atoms with E-state index in [1.807, 2.05) is 13.8 Å². The van der Waals surface area contributed by atoms with Gasteiger partial charge in [-0.05, 0) is 42.9 Å². The molecule has 4 heterocycles. The molecule has 0 radical (unpaired) electrons. The zero-order valence-electron chi connectivity index (χ0n) is 24.0. The summed E-state index contributed by atoms with van der Waals surface area (Å²) >= 11 is 12.0. The van der Waals surface area contributed by atoms with Gasteiger partial charge in [-0.3, -0.25) is 14.2 Å². The Kier molecular flexibility index (Phi) is 8.75. The van der Waals surface area contributed by atoms with Gasteiger partial charge in [0.25, 0.3) is 17.7 Å². The highest BCUT2D eigenvalue weighted by Crippen LogP contribution is 2.33. The third-order valence-corrected chi connectivity index (χ3v) is 8.44. The average Bonchev–Trinajstić information content (AvgIpc) is 3.66. The summed E-state index contributed by atoms with van der Waals surface area (Å²) in [5, 5.41) is 5.68. The number of nitrogens with one attached hydrogen (secondary N) is 2. The van der Waals surface area contributed by atoms with Gasteiger partial charge in [-0.2, -0.15) is 18.2 Å². The number of alkyl halides is 3. The van der Waals surface area contributed by atoms with Crippen LogP contribution in [0.5, 0.6) is 0 Å². The van der Waals surface area contributed by atoms with E-state index in [1.165, 1.54) is 25.2 Å². The molecule has 3 aromatic rings. The van der Waals surface area contributed by atoms with Crippen LogP contribution in [0.15, 0.2) is 27.8 Å². The summed E-state index contributed by atoms with van der Waals surface area (Å²) < 4.78 is 47.3. The van der Waals surface area contributed by atoms with Gasteiger partial charge in [-0.25, -0.2) is 14.2 Å². The van der Waals surface area contributed by atoms with Crippen LogP contribution in [-0.2, 0) is 27.9 Å². The number of benzene rings is 1. The first kappa shape index (κ1) is 31.9. The van der Waals surface area contributed by atoms with E-state index in [2.05, 4.69) is 25.3 Å². The fraction of sp³-hybridized carbons (Fsp3) is 0.519. The van der Waals surface area contributed by atoms with Crippen molar-refractivity contribution in [1.82, 2.24) is 24.0 Å². The van der Waals surface area contributed by atoms with Gasteiger partial charge in [0, 0.05) is 44.3 Å². The number of anilines is 2. The van der Waals surface area contributed by atoms with E-state index in [-0.39, 0.29) is 50.0 Å². The van der Waals surface area contributed by atoms with Crippen LogP contribution in [0, 0.1) is 11.8 Å². The predicted molar refractivity (Wildman–Crippen MR) is 157 cm³/mol. The Morgan fingerprint density at radius 1 is 1.20 bits per heavy atom. The van der Waals surface area contributed by atoms with Crippen LogP contribution in [0.3, 0.4) is 0 Å². The maximum absolute atomic E-state index is 14.1. The first-order valence-electron chi connectivity index (χ1n) is 13.9. The van der Waals surface area contributed by atoms with Gasteiger partial charge in [0.05, 0.1) is 10.7 Å². The quantitative estimate of drug-likeness (QED) is 0.352. The Morgan fingerprint density at radius 2 is 1.93 bits per heavy atom. The van der Waals surface area contributed by atoms with Crippen LogP contribution in [0.4, 0.5) is 24.8 Å². The first-order chi connectivity index (χ1) is 20.7. The van der Waals surface area contributed by atoms with E-state index >= 15 is 0 Å². The number of rotatable bonds is 8. The highest BCUT2D eigenvalue weighted by molar-refractivity contribution is 6.36. The molecule has 2 aliphatic heterocycles. The summed E-state index contributed by atoms with van der Waals surface area (Å²) in [6.45, 7) is 6.44. The van der Waals surface area contributed by atoms with Crippen molar-refractivity contribution >= 4 is 57.9 Å². The number of amides is 1. The van der Waals surface area contributed by atoms with Crippen LogP contribution in [0.1, 0.15) is 32.9 Å². The molecule has 2 fully saturated rings. The standard InChI is InChI=1S/C27H30Cl2F3N7O5/c1-13(2)6-8-38-19-20(35-25(38)37-9-7-14-11-33-12-18(14)37)36(3)26(43)39(22(19)41)23(44-24(42)27(30,31)32)21(40)34-17-5-4-15(28)10-16(17)29/h4-5,10,13-14,18,23,33H,6-9,11-12H2,1-3H3,(H,34,40). The number of imidazole rings is 1. The topological polar surface area (TPSA) is 132 Å². The summed E-state index contributed by atoms with van der Waals surface area (Å²) in [5.41, 5.74) is -2.63. The highest BCUT2D eigenvalue weighted by Gasteiger charge is 2.45. The van der Waals surface area contributed by atoms with Crippen molar-refractivity contribution in [3.05, 3.63) is 49.1 Å². The van der Waals surface area contributed by atoms with Gasteiger partial charge in [-0.1, -0.05) is 37.0 Å². The maximum Gasteiger partial charge on any atom is 0.491 e. The van der Waals surface area contributed by atoms with E-state index < -0.39 is 35.5 Å². The third kappa shape index (κ3) is 5.92. The Hall–Kier alpha value is -3.56. The number of aryl methyl sites for hydroxylation is 2. The van der Waals surface area contributed by atoms with Crippen molar-refractivity contribution in [3.8, 4) is 0 Å². The van der Waals surface area contributed by atoms with Crippen LogP contribution < -0.4 is 26.8 Å². The molecule has 5 rings (SSSR count). The molecule has 0 saturated carbocycles. The molecule has 0 aliphatic carbocycles. The van der Waals surface area contributed by atoms with Gasteiger partial charge in [0.2, 0.25) is 5.95 Å². The van der Waals surface area contributed by atoms with E-state index in [0.29, 0.717) is 31.4 Å². The number of hydrogen-bond donors (Lipinski definition) is 2. The number of aromatic nitrogens is 4. The number of ether oxygens (including phenoxy) is 1. The Labute approximate surface area is 258 Å². The monoisotopic (exact) mass is 659 g/mol. The minimum atomic E-state index is -5.54. The van der Waals surface area contributed by atoms with Gasteiger partial charge >= 0.3 is 17.8 Å². The summed E-state index contributed by atoms with van der Waals surface area (Å²) in [7, 11) is 1.27. The third-order valence-electron chi connectivity index (χ3n) is 7.89. The van der Waals surface area contributed by atoms with E-state index in [0.717, 1.165) is 17.5 Å².